The van der Waals surface area contributed by atoms with Crippen molar-refractivity contribution in [2.24, 2.45) is 5.16 Å². The predicted molar refractivity (Wildman–Crippen MR) is 132 cm³/mol. The number of oxime groups is 1. The molecule has 3 aromatic carbocycles. The molecule has 0 radical (unpaired) electrons. The van der Waals surface area contributed by atoms with Gasteiger partial charge in [-0.25, -0.2) is 0 Å². The van der Waals surface area contributed by atoms with Crippen LogP contribution in [0.2, 0.25) is 5.02 Å². The lowest BCUT2D eigenvalue weighted by Crippen LogP contribution is -2.58. The molecule has 2 aliphatic heterocycles. The molecule has 0 aromatic heterocycles. The topological polar surface area (TPSA) is 41.9 Å². The maximum Gasteiger partial charge on any atom is 0.220 e. The molecule has 33 heavy (non-hydrogen) atoms. The fraction of sp³-hybridized carbons (Fsp3) is 0.286. The van der Waals surface area contributed by atoms with Crippen LogP contribution in [0, 0.1) is 6.92 Å². The third-order valence-electron chi connectivity index (χ3n) is 6.96. The molecule has 2 aliphatic rings. The second-order valence-corrected chi connectivity index (χ2v) is 9.47. The number of nitrogens with zero attached hydrogens (tertiary/aromatic N) is 2. The average Bonchev–Trinajstić information content (AvgIpc) is 3.21. The van der Waals surface area contributed by atoms with Gasteiger partial charge in [0.25, 0.3) is 0 Å². The van der Waals surface area contributed by atoms with Crippen LogP contribution in [0.4, 0.5) is 0 Å². The standard InChI is InChI=1S/C28H27ClN2O2/c1-19-8-10-22(11-9-19)26-27(23-12-14-24(29)15-13-23)30-33-28(26)18-31(17-16-25(28)32)20(2)21-6-4-3-5-7-21/h3-15,20,26H,16-18H2,1-2H3/t20-,26-,28+/m1/s1. The van der Waals surface area contributed by atoms with Crippen molar-refractivity contribution >= 4 is 23.1 Å². The van der Waals surface area contributed by atoms with Gasteiger partial charge >= 0.3 is 0 Å². The van der Waals surface area contributed by atoms with E-state index in [9.17, 15) is 4.79 Å². The number of hydrogen-bond acceptors (Lipinski definition) is 4. The Morgan fingerprint density at radius 2 is 1.73 bits per heavy atom. The number of carbonyl (C=O) groups is 1. The first-order valence-corrected chi connectivity index (χ1v) is 11.8. The van der Waals surface area contributed by atoms with Gasteiger partial charge in [-0.05, 0) is 37.1 Å². The Labute approximate surface area is 199 Å². The van der Waals surface area contributed by atoms with Gasteiger partial charge < -0.3 is 4.84 Å². The van der Waals surface area contributed by atoms with Crippen LogP contribution in [0.1, 0.15) is 47.6 Å². The number of likely N-dealkylation sites (tertiary alicyclic amines) is 1. The van der Waals surface area contributed by atoms with Crippen molar-refractivity contribution < 1.29 is 9.63 Å². The van der Waals surface area contributed by atoms with Crippen molar-refractivity contribution in [2.45, 2.75) is 37.8 Å². The molecule has 168 valence electrons. The smallest absolute Gasteiger partial charge is 0.220 e. The highest BCUT2D eigenvalue weighted by atomic mass is 35.5. The molecule has 3 aromatic rings. The summed E-state index contributed by atoms with van der Waals surface area (Å²) in [5.74, 6) is -0.185. The van der Waals surface area contributed by atoms with Crippen molar-refractivity contribution in [1.29, 1.82) is 0 Å². The van der Waals surface area contributed by atoms with Gasteiger partial charge in [0.05, 0.1) is 11.6 Å². The summed E-state index contributed by atoms with van der Waals surface area (Å²) in [5.41, 5.74) is 4.08. The number of piperidine rings is 1. The number of benzene rings is 3. The van der Waals surface area contributed by atoms with Crippen LogP contribution >= 0.6 is 11.6 Å². The molecule has 1 fully saturated rings. The summed E-state index contributed by atoms with van der Waals surface area (Å²) >= 11 is 6.13. The number of hydrogen-bond donors (Lipinski definition) is 0. The van der Waals surface area contributed by atoms with Gasteiger partial charge in [0, 0.05) is 36.1 Å². The van der Waals surface area contributed by atoms with E-state index >= 15 is 0 Å². The first-order chi connectivity index (χ1) is 16.0. The molecule has 0 amide bonds. The Bertz CT molecular complexity index is 1170. The largest absolute Gasteiger partial charge is 0.378 e. The lowest BCUT2D eigenvalue weighted by Gasteiger charge is -2.43. The molecular formula is C28H27ClN2O2. The maximum atomic E-state index is 13.6. The summed E-state index contributed by atoms with van der Waals surface area (Å²) in [7, 11) is 0. The van der Waals surface area contributed by atoms with E-state index in [1.165, 1.54) is 11.1 Å². The van der Waals surface area contributed by atoms with Gasteiger partial charge in [-0.2, -0.15) is 0 Å². The monoisotopic (exact) mass is 458 g/mol. The number of Topliss-reactive ketones (excluding diaryl/α,β-unsaturated/α-hetero) is 1. The van der Waals surface area contributed by atoms with Gasteiger partial charge in [0.2, 0.25) is 5.60 Å². The Kier molecular flexibility index (Phi) is 5.81. The van der Waals surface area contributed by atoms with Crippen LogP contribution in [0.25, 0.3) is 0 Å². The predicted octanol–water partition coefficient (Wildman–Crippen LogP) is 5.94. The molecule has 0 N–H and O–H groups in total. The zero-order chi connectivity index (χ0) is 23.0. The van der Waals surface area contributed by atoms with Gasteiger partial charge in [0.15, 0.2) is 5.78 Å². The van der Waals surface area contributed by atoms with E-state index in [0.29, 0.717) is 24.5 Å². The fourth-order valence-electron chi connectivity index (χ4n) is 5.01. The molecule has 4 nitrogen and oxygen atoms in total. The molecule has 5 rings (SSSR count). The SMILES string of the molecule is Cc1ccc([C@@H]2C(c3ccc(Cl)cc3)=NO[C@]23CN([C@H](C)c2ccccc2)CCC3=O)cc1. The summed E-state index contributed by atoms with van der Waals surface area (Å²) in [6.07, 6.45) is 0.433. The number of aryl methyl sites for hydroxylation is 1. The molecule has 5 heteroatoms. The average molecular weight is 459 g/mol. The molecule has 0 aliphatic carbocycles. The summed E-state index contributed by atoms with van der Waals surface area (Å²) in [5, 5.41) is 5.20. The highest BCUT2D eigenvalue weighted by molar-refractivity contribution is 6.30. The van der Waals surface area contributed by atoms with Crippen molar-refractivity contribution in [3.8, 4) is 0 Å². The fourth-order valence-corrected chi connectivity index (χ4v) is 5.14. The molecule has 1 saturated heterocycles. The van der Waals surface area contributed by atoms with Gasteiger partial charge in [-0.1, -0.05) is 89.1 Å². The van der Waals surface area contributed by atoms with E-state index in [-0.39, 0.29) is 17.7 Å². The zero-order valence-electron chi connectivity index (χ0n) is 18.9. The minimum Gasteiger partial charge on any atom is -0.378 e. The maximum absolute atomic E-state index is 13.6. The molecule has 0 bridgehead atoms. The minimum atomic E-state index is -1.05. The lowest BCUT2D eigenvalue weighted by molar-refractivity contribution is -0.153. The van der Waals surface area contributed by atoms with E-state index in [2.05, 4.69) is 72.4 Å². The molecule has 0 saturated carbocycles. The number of carbonyl (C=O) groups excluding carboxylic acids is 1. The summed E-state index contributed by atoms with van der Waals surface area (Å²) in [6, 6.07) is 26.5. The first-order valence-electron chi connectivity index (χ1n) is 11.4. The van der Waals surface area contributed by atoms with E-state index in [1.54, 1.807) is 0 Å². The Morgan fingerprint density at radius 3 is 2.42 bits per heavy atom. The Balaban J connectivity index is 1.56. The minimum absolute atomic E-state index is 0.109. The number of rotatable bonds is 4. The Hall–Kier alpha value is -2.95. The quantitative estimate of drug-likeness (QED) is 0.485. The summed E-state index contributed by atoms with van der Waals surface area (Å²) in [4.78, 5) is 22.1. The van der Waals surface area contributed by atoms with Crippen LogP contribution in [0.3, 0.4) is 0 Å². The highest BCUT2D eigenvalue weighted by Crippen LogP contribution is 2.45. The third-order valence-corrected chi connectivity index (χ3v) is 7.22. The molecule has 2 heterocycles. The van der Waals surface area contributed by atoms with Gasteiger partial charge in [-0.15, -0.1) is 0 Å². The van der Waals surface area contributed by atoms with Crippen LogP contribution in [-0.4, -0.2) is 35.1 Å². The highest BCUT2D eigenvalue weighted by Gasteiger charge is 2.58. The second-order valence-electron chi connectivity index (χ2n) is 9.04. The van der Waals surface area contributed by atoms with E-state index in [1.807, 2.05) is 30.3 Å². The molecule has 3 atom stereocenters. The first kappa shape index (κ1) is 21.9. The summed E-state index contributed by atoms with van der Waals surface area (Å²) < 4.78 is 0. The van der Waals surface area contributed by atoms with E-state index < -0.39 is 5.60 Å². The van der Waals surface area contributed by atoms with Crippen LogP contribution in [0.15, 0.2) is 84.0 Å². The van der Waals surface area contributed by atoms with Crippen LogP contribution in [-0.2, 0) is 9.63 Å². The van der Waals surface area contributed by atoms with E-state index in [0.717, 1.165) is 16.8 Å². The number of ketones is 1. The number of halogens is 1. The lowest BCUT2D eigenvalue weighted by atomic mass is 9.72. The van der Waals surface area contributed by atoms with Crippen molar-refractivity contribution in [3.05, 3.63) is 106 Å². The molecular weight excluding hydrogens is 432 g/mol. The second kappa shape index (κ2) is 8.77. The van der Waals surface area contributed by atoms with Crippen molar-refractivity contribution in [1.82, 2.24) is 4.90 Å². The van der Waals surface area contributed by atoms with E-state index in [4.69, 9.17) is 16.4 Å². The van der Waals surface area contributed by atoms with Crippen LogP contribution in [0.5, 0.6) is 0 Å². The summed E-state index contributed by atoms with van der Waals surface area (Å²) in [6.45, 7) is 5.45. The third kappa shape index (κ3) is 3.98. The van der Waals surface area contributed by atoms with Crippen LogP contribution < -0.4 is 0 Å². The Morgan fingerprint density at radius 1 is 1.03 bits per heavy atom. The van der Waals surface area contributed by atoms with Gasteiger partial charge in [-0.3, -0.25) is 9.69 Å². The van der Waals surface area contributed by atoms with Crippen molar-refractivity contribution in [2.75, 3.05) is 13.1 Å². The van der Waals surface area contributed by atoms with Crippen molar-refractivity contribution in [3.63, 3.8) is 0 Å². The molecule has 1 spiro atoms. The normalized spacial score (nSPS) is 23.9. The zero-order valence-corrected chi connectivity index (χ0v) is 19.6. The van der Waals surface area contributed by atoms with Gasteiger partial charge in [0.1, 0.15) is 0 Å². The molecule has 0 unspecified atom stereocenters.